The molecule has 1 saturated carbocycles. The maximum absolute atomic E-state index is 15.2. The highest BCUT2D eigenvalue weighted by Crippen LogP contribution is 2.40. The third-order valence-electron chi connectivity index (χ3n) is 7.05. The molecule has 3 aliphatic rings. The van der Waals surface area contributed by atoms with Crippen molar-refractivity contribution in [3.8, 4) is 0 Å². The van der Waals surface area contributed by atoms with E-state index in [1.165, 1.54) is 23.2 Å². The van der Waals surface area contributed by atoms with E-state index in [9.17, 15) is 23.6 Å². The molecule has 4 amide bonds. The number of hydrogen-bond donors (Lipinski definition) is 2. The molecule has 1 unspecified atom stereocenters. The van der Waals surface area contributed by atoms with Crippen LogP contribution in [-0.4, -0.2) is 45.8 Å². The average molecular weight is 498 g/mol. The third-order valence-corrected chi connectivity index (χ3v) is 7.05. The molecule has 1 aliphatic carbocycles. The number of aryl methyl sites for hydroxylation is 1. The molecule has 1 aromatic heterocycles. The molecule has 36 heavy (non-hydrogen) atoms. The highest BCUT2D eigenvalue weighted by Gasteiger charge is 2.41. The fraction of sp³-hybridized carbons (Fsp3) is 0.400. The molecule has 3 heterocycles. The van der Waals surface area contributed by atoms with Crippen molar-refractivity contribution in [2.24, 2.45) is 0 Å². The van der Waals surface area contributed by atoms with Crippen LogP contribution in [-0.2, 0) is 27.4 Å². The van der Waals surface area contributed by atoms with Gasteiger partial charge in [-0.05, 0) is 43.7 Å². The van der Waals surface area contributed by atoms with E-state index in [4.69, 9.17) is 4.74 Å². The number of hydrogen-bond acceptors (Lipinski definition) is 6. The number of alkyl carbamates (subject to hydrolysis) is 1. The molecule has 2 aliphatic heterocycles. The van der Waals surface area contributed by atoms with Crippen LogP contribution in [0.4, 0.5) is 13.6 Å². The van der Waals surface area contributed by atoms with Crippen molar-refractivity contribution in [3.63, 3.8) is 0 Å². The Morgan fingerprint density at radius 1 is 1.22 bits per heavy atom. The summed E-state index contributed by atoms with van der Waals surface area (Å²) in [5.41, 5.74) is 1.55. The van der Waals surface area contributed by atoms with Crippen LogP contribution in [0.15, 0.2) is 24.4 Å². The number of ether oxygens (including phenoxy) is 1. The second-order valence-electron chi connectivity index (χ2n) is 9.31. The molecular formula is C25H24F2N4O5. The van der Waals surface area contributed by atoms with E-state index in [0.717, 1.165) is 0 Å². The van der Waals surface area contributed by atoms with E-state index in [2.05, 4.69) is 15.6 Å². The van der Waals surface area contributed by atoms with Crippen molar-refractivity contribution < 1.29 is 32.7 Å². The number of carbonyl (C=O) groups excluding carboxylic acids is 4. The largest absolute Gasteiger partial charge is 0.446 e. The zero-order valence-electron chi connectivity index (χ0n) is 19.5. The molecule has 5 rings (SSSR count). The lowest BCUT2D eigenvalue weighted by Gasteiger charge is -2.35. The highest BCUT2D eigenvalue weighted by molar-refractivity contribution is 6.05. The lowest BCUT2D eigenvalue weighted by atomic mass is 9.77. The van der Waals surface area contributed by atoms with Crippen LogP contribution in [0.25, 0.3) is 0 Å². The molecule has 2 fully saturated rings. The predicted octanol–water partition coefficient (Wildman–Crippen LogP) is 2.60. The zero-order valence-corrected chi connectivity index (χ0v) is 19.5. The molecular weight excluding hydrogens is 474 g/mol. The van der Waals surface area contributed by atoms with Crippen molar-refractivity contribution in [3.05, 3.63) is 64.0 Å². The standard InChI is InChI=1S/C25H24F2N4O5/c1-12-20(17(26)6-7-28-12)15-8-16(9-15)36-25(35)29-10-13-2-3-14-11-31(24(34)21(14)22(13)27)18-4-5-19(32)30-23(18)33/h2-3,6-7,15-16,18H,4-5,8-11H2,1H3,(H,29,35)(H,30,32,33). The van der Waals surface area contributed by atoms with Crippen LogP contribution in [0.1, 0.15) is 64.3 Å². The van der Waals surface area contributed by atoms with Crippen molar-refractivity contribution in [2.45, 2.75) is 63.8 Å². The Morgan fingerprint density at radius 3 is 2.72 bits per heavy atom. The van der Waals surface area contributed by atoms with Gasteiger partial charge in [0.25, 0.3) is 5.91 Å². The lowest BCUT2D eigenvalue weighted by Crippen LogP contribution is -2.52. The number of imide groups is 1. The van der Waals surface area contributed by atoms with Gasteiger partial charge < -0.3 is 15.0 Å². The average Bonchev–Trinajstić information content (AvgIpc) is 3.13. The van der Waals surface area contributed by atoms with Crippen molar-refractivity contribution in [1.82, 2.24) is 20.5 Å². The second-order valence-corrected chi connectivity index (χ2v) is 9.31. The molecule has 11 heteroatoms. The van der Waals surface area contributed by atoms with Gasteiger partial charge in [0.15, 0.2) is 0 Å². The number of nitrogens with zero attached hydrogens (tertiary/aromatic N) is 2. The number of piperidine rings is 1. The van der Waals surface area contributed by atoms with Crippen molar-refractivity contribution in [2.75, 3.05) is 0 Å². The summed E-state index contributed by atoms with van der Waals surface area (Å²) in [6.45, 7) is 1.60. The first-order valence-corrected chi connectivity index (χ1v) is 11.7. The predicted molar refractivity (Wildman–Crippen MR) is 120 cm³/mol. The first-order valence-electron chi connectivity index (χ1n) is 11.7. The Kier molecular flexibility index (Phi) is 6.15. The maximum atomic E-state index is 15.2. The van der Waals surface area contributed by atoms with E-state index in [0.29, 0.717) is 29.7 Å². The number of benzene rings is 1. The fourth-order valence-electron chi connectivity index (χ4n) is 5.08. The minimum absolute atomic E-state index is 0.0625. The summed E-state index contributed by atoms with van der Waals surface area (Å²) in [6.07, 6.45) is 1.51. The molecule has 1 saturated heterocycles. The van der Waals surface area contributed by atoms with E-state index in [-0.39, 0.29) is 54.9 Å². The molecule has 0 spiro atoms. The smallest absolute Gasteiger partial charge is 0.407 e. The number of halogens is 2. The van der Waals surface area contributed by atoms with Crippen LogP contribution < -0.4 is 10.6 Å². The number of nitrogens with one attached hydrogen (secondary N) is 2. The number of pyridine rings is 1. The van der Waals surface area contributed by atoms with Gasteiger partial charge in [0.05, 0.1) is 5.56 Å². The quantitative estimate of drug-likeness (QED) is 0.612. The van der Waals surface area contributed by atoms with Gasteiger partial charge in [0.2, 0.25) is 11.8 Å². The van der Waals surface area contributed by atoms with E-state index < -0.39 is 35.7 Å². The Morgan fingerprint density at radius 2 is 2.00 bits per heavy atom. The molecule has 0 radical (unpaired) electrons. The molecule has 0 bridgehead atoms. The van der Waals surface area contributed by atoms with Crippen LogP contribution in [0.2, 0.25) is 0 Å². The molecule has 2 N–H and O–H groups in total. The van der Waals surface area contributed by atoms with E-state index in [1.807, 2.05) is 0 Å². The van der Waals surface area contributed by atoms with Crippen molar-refractivity contribution >= 4 is 23.8 Å². The highest BCUT2D eigenvalue weighted by atomic mass is 19.1. The van der Waals surface area contributed by atoms with Gasteiger partial charge in [0, 0.05) is 42.5 Å². The SMILES string of the molecule is Cc1nccc(F)c1C1CC(OC(=O)NCc2ccc3c(c2F)C(=O)N(C2CCC(=O)NC2=O)C3)C1. The summed E-state index contributed by atoms with van der Waals surface area (Å²) in [7, 11) is 0. The minimum Gasteiger partial charge on any atom is -0.446 e. The Bertz CT molecular complexity index is 1260. The van der Waals surface area contributed by atoms with E-state index in [1.54, 1.807) is 13.0 Å². The number of aromatic nitrogens is 1. The van der Waals surface area contributed by atoms with E-state index >= 15 is 4.39 Å². The normalized spacial score (nSPS) is 23.1. The zero-order chi connectivity index (χ0) is 25.6. The van der Waals surface area contributed by atoms with Gasteiger partial charge in [-0.3, -0.25) is 24.7 Å². The lowest BCUT2D eigenvalue weighted by molar-refractivity contribution is -0.136. The molecule has 1 aromatic carbocycles. The number of carbonyl (C=O) groups is 4. The summed E-state index contributed by atoms with van der Waals surface area (Å²) in [5.74, 6) is -2.77. The Hall–Kier alpha value is -3.89. The monoisotopic (exact) mass is 498 g/mol. The van der Waals surface area contributed by atoms with Gasteiger partial charge in [-0.2, -0.15) is 0 Å². The van der Waals surface area contributed by atoms with Crippen LogP contribution >= 0.6 is 0 Å². The molecule has 2 aromatic rings. The number of fused-ring (bicyclic) bond motifs is 1. The summed E-state index contributed by atoms with van der Waals surface area (Å²) >= 11 is 0. The Balaban J connectivity index is 1.17. The summed E-state index contributed by atoms with van der Waals surface area (Å²) in [4.78, 5) is 54.1. The van der Waals surface area contributed by atoms with Gasteiger partial charge >= 0.3 is 6.09 Å². The minimum atomic E-state index is -0.839. The number of amides is 4. The second kappa shape index (κ2) is 9.29. The van der Waals surface area contributed by atoms with Crippen molar-refractivity contribution in [1.29, 1.82) is 0 Å². The van der Waals surface area contributed by atoms with Crippen LogP contribution in [0.3, 0.4) is 0 Å². The summed E-state index contributed by atoms with van der Waals surface area (Å²) in [6, 6.07) is 3.53. The third kappa shape index (κ3) is 4.29. The molecule has 1 atom stereocenters. The Labute approximate surface area is 205 Å². The summed E-state index contributed by atoms with van der Waals surface area (Å²) in [5, 5.41) is 4.70. The first-order chi connectivity index (χ1) is 17.2. The van der Waals surface area contributed by atoms with Crippen LogP contribution in [0.5, 0.6) is 0 Å². The molecule has 9 nitrogen and oxygen atoms in total. The van der Waals surface area contributed by atoms with Gasteiger partial charge in [-0.25, -0.2) is 13.6 Å². The fourth-order valence-corrected chi connectivity index (χ4v) is 5.08. The first kappa shape index (κ1) is 23.8. The van der Waals surface area contributed by atoms with Gasteiger partial charge in [-0.1, -0.05) is 12.1 Å². The number of rotatable bonds is 5. The maximum Gasteiger partial charge on any atom is 0.407 e. The summed E-state index contributed by atoms with van der Waals surface area (Å²) < 4.78 is 34.6. The van der Waals surface area contributed by atoms with Crippen LogP contribution in [0, 0.1) is 18.6 Å². The molecule has 188 valence electrons. The van der Waals surface area contributed by atoms with Gasteiger partial charge in [0.1, 0.15) is 23.8 Å². The topological polar surface area (TPSA) is 118 Å². The van der Waals surface area contributed by atoms with Gasteiger partial charge in [-0.15, -0.1) is 0 Å².